The number of oxime groups is 1. The second-order valence-electron chi connectivity index (χ2n) is 8.10. The van der Waals surface area contributed by atoms with Crippen LogP contribution in [-0.4, -0.2) is 43.4 Å². The SMILES string of the molecule is COc1ccc(C(=O)N(Cc2cccc(OC)c2)CC2CC(c3ccc(C)cc3)=NO2)cc1. The Morgan fingerprint density at radius 3 is 2.42 bits per heavy atom. The van der Waals surface area contributed by atoms with E-state index in [1.807, 2.05) is 24.3 Å². The van der Waals surface area contributed by atoms with E-state index >= 15 is 0 Å². The minimum atomic E-state index is -0.214. The zero-order valence-electron chi connectivity index (χ0n) is 19.2. The quantitative estimate of drug-likeness (QED) is 0.498. The average Bonchev–Trinajstić information content (AvgIpc) is 3.32. The molecular formula is C27H28N2O4. The number of nitrogens with zero attached hydrogens (tertiary/aromatic N) is 2. The van der Waals surface area contributed by atoms with Crippen molar-refractivity contribution in [2.45, 2.75) is 26.0 Å². The van der Waals surface area contributed by atoms with E-state index in [0.29, 0.717) is 30.8 Å². The molecule has 0 radical (unpaired) electrons. The van der Waals surface area contributed by atoms with Crippen molar-refractivity contribution in [3.8, 4) is 11.5 Å². The van der Waals surface area contributed by atoms with Crippen LogP contribution in [0.5, 0.6) is 11.5 Å². The maximum absolute atomic E-state index is 13.4. The van der Waals surface area contributed by atoms with Crippen LogP contribution >= 0.6 is 0 Å². The molecule has 1 aliphatic heterocycles. The molecule has 33 heavy (non-hydrogen) atoms. The highest BCUT2D eigenvalue weighted by atomic mass is 16.6. The van der Waals surface area contributed by atoms with E-state index in [2.05, 4.69) is 36.3 Å². The van der Waals surface area contributed by atoms with Gasteiger partial charge in [-0.2, -0.15) is 0 Å². The minimum Gasteiger partial charge on any atom is -0.497 e. The maximum Gasteiger partial charge on any atom is 0.254 e. The van der Waals surface area contributed by atoms with Crippen molar-refractivity contribution >= 4 is 11.6 Å². The van der Waals surface area contributed by atoms with Gasteiger partial charge >= 0.3 is 0 Å². The van der Waals surface area contributed by atoms with Crippen molar-refractivity contribution in [1.29, 1.82) is 0 Å². The lowest BCUT2D eigenvalue weighted by atomic mass is 10.0. The molecule has 0 saturated carbocycles. The Morgan fingerprint density at radius 1 is 1.00 bits per heavy atom. The first kappa shape index (κ1) is 22.4. The number of benzene rings is 3. The van der Waals surface area contributed by atoms with Crippen molar-refractivity contribution in [2.24, 2.45) is 5.16 Å². The number of aryl methyl sites for hydroxylation is 1. The molecule has 6 nitrogen and oxygen atoms in total. The van der Waals surface area contributed by atoms with Gasteiger partial charge in [-0.25, -0.2) is 0 Å². The van der Waals surface area contributed by atoms with Gasteiger partial charge in [-0.1, -0.05) is 47.1 Å². The van der Waals surface area contributed by atoms with Crippen molar-refractivity contribution in [3.05, 3.63) is 95.1 Å². The van der Waals surface area contributed by atoms with E-state index in [0.717, 1.165) is 22.6 Å². The lowest BCUT2D eigenvalue weighted by molar-refractivity contribution is 0.0405. The Kier molecular flexibility index (Phi) is 6.93. The summed E-state index contributed by atoms with van der Waals surface area (Å²) in [5.74, 6) is 1.39. The molecule has 3 aromatic rings. The first-order chi connectivity index (χ1) is 16.1. The van der Waals surface area contributed by atoms with Gasteiger partial charge < -0.3 is 19.2 Å². The van der Waals surface area contributed by atoms with Crippen LogP contribution < -0.4 is 9.47 Å². The number of hydrogen-bond acceptors (Lipinski definition) is 5. The molecule has 1 unspecified atom stereocenters. The number of hydrogen-bond donors (Lipinski definition) is 0. The fourth-order valence-corrected chi connectivity index (χ4v) is 3.82. The predicted octanol–water partition coefficient (Wildman–Crippen LogP) is 4.85. The molecule has 0 fully saturated rings. The van der Waals surface area contributed by atoms with Crippen LogP contribution in [0.25, 0.3) is 0 Å². The Hall–Kier alpha value is -3.80. The number of carbonyl (C=O) groups is 1. The van der Waals surface area contributed by atoms with Gasteiger partial charge in [0, 0.05) is 18.5 Å². The number of rotatable bonds is 8. The minimum absolute atomic E-state index is 0.0761. The van der Waals surface area contributed by atoms with Gasteiger partial charge in [0.2, 0.25) is 0 Å². The van der Waals surface area contributed by atoms with Gasteiger partial charge in [-0.15, -0.1) is 0 Å². The van der Waals surface area contributed by atoms with Crippen LogP contribution in [0.3, 0.4) is 0 Å². The largest absolute Gasteiger partial charge is 0.497 e. The molecule has 0 saturated heterocycles. The van der Waals surface area contributed by atoms with Gasteiger partial charge in [0.05, 0.1) is 26.5 Å². The molecule has 1 amide bonds. The number of amides is 1. The molecule has 6 heteroatoms. The Balaban J connectivity index is 1.52. The van der Waals surface area contributed by atoms with Crippen molar-refractivity contribution < 1.29 is 19.1 Å². The second kappa shape index (κ2) is 10.2. The monoisotopic (exact) mass is 444 g/mol. The third kappa shape index (κ3) is 5.52. The molecule has 170 valence electrons. The summed E-state index contributed by atoms with van der Waals surface area (Å²) in [7, 11) is 3.24. The molecule has 1 atom stereocenters. The van der Waals surface area contributed by atoms with Gasteiger partial charge in [0.15, 0.2) is 6.10 Å². The summed E-state index contributed by atoms with van der Waals surface area (Å²) in [5, 5.41) is 4.30. The summed E-state index contributed by atoms with van der Waals surface area (Å²) in [5.41, 5.74) is 4.72. The average molecular weight is 445 g/mol. The lowest BCUT2D eigenvalue weighted by Gasteiger charge is -2.25. The molecule has 0 spiro atoms. The van der Waals surface area contributed by atoms with Crippen molar-refractivity contribution in [2.75, 3.05) is 20.8 Å². The van der Waals surface area contributed by atoms with Gasteiger partial charge in [0.25, 0.3) is 5.91 Å². The van der Waals surface area contributed by atoms with E-state index < -0.39 is 0 Å². The highest BCUT2D eigenvalue weighted by Gasteiger charge is 2.27. The van der Waals surface area contributed by atoms with E-state index in [9.17, 15) is 4.79 Å². The van der Waals surface area contributed by atoms with Crippen LogP contribution in [0.1, 0.15) is 33.5 Å². The summed E-state index contributed by atoms with van der Waals surface area (Å²) >= 11 is 0. The lowest BCUT2D eigenvalue weighted by Crippen LogP contribution is -2.37. The number of methoxy groups -OCH3 is 2. The summed E-state index contributed by atoms with van der Waals surface area (Å²) in [6.45, 7) is 2.91. The Morgan fingerprint density at radius 2 is 1.73 bits per heavy atom. The molecule has 1 aliphatic rings. The maximum atomic E-state index is 13.4. The zero-order valence-corrected chi connectivity index (χ0v) is 19.2. The smallest absolute Gasteiger partial charge is 0.254 e. The van der Waals surface area contributed by atoms with Crippen LogP contribution in [0, 0.1) is 6.92 Å². The fourth-order valence-electron chi connectivity index (χ4n) is 3.82. The molecule has 0 bridgehead atoms. The standard InChI is InChI=1S/C27H28N2O4/c1-19-7-9-21(10-8-19)26-16-25(33-28-26)18-29(17-20-5-4-6-24(15-20)32-3)27(30)22-11-13-23(31-2)14-12-22/h4-15,25H,16-18H2,1-3H3. The van der Waals surface area contributed by atoms with Crippen LogP contribution in [-0.2, 0) is 11.4 Å². The highest BCUT2D eigenvalue weighted by molar-refractivity contribution is 6.01. The fraction of sp³-hybridized carbons (Fsp3) is 0.259. The van der Waals surface area contributed by atoms with E-state index in [1.54, 1.807) is 43.4 Å². The molecule has 3 aromatic carbocycles. The van der Waals surface area contributed by atoms with Gasteiger partial charge in [-0.05, 0) is 54.4 Å². The molecule has 1 heterocycles. The second-order valence-corrected chi connectivity index (χ2v) is 8.10. The first-order valence-electron chi connectivity index (χ1n) is 10.9. The van der Waals surface area contributed by atoms with E-state index in [1.165, 1.54) is 5.56 Å². The molecule has 4 rings (SSSR count). The predicted molar refractivity (Wildman–Crippen MR) is 128 cm³/mol. The van der Waals surface area contributed by atoms with Crippen LogP contribution in [0.2, 0.25) is 0 Å². The number of ether oxygens (including phenoxy) is 2. The highest BCUT2D eigenvalue weighted by Crippen LogP contribution is 2.22. The van der Waals surface area contributed by atoms with E-state index in [-0.39, 0.29) is 12.0 Å². The Bertz CT molecular complexity index is 1120. The summed E-state index contributed by atoms with van der Waals surface area (Å²) < 4.78 is 10.6. The van der Waals surface area contributed by atoms with Gasteiger partial charge in [-0.3, -0.25) is 4.79 Å². The van der Waals surface area contributed by atoms with E-state index in [4.69, 9.17) is 14.3 Å². The number of carbonyl (C=O) groups excluding carboxylic acids is 1. The van der Waals surface area contributed by atoms with Gasteiger partial charge in [0.1, 0.15) is 11.5 Å². The normalized spacial score (nSPS) is 14.9. The van der Waals surface area contributed by atoms with Crippen molar-refractivity contribution in [3.63, 3.8) is 0 Å². The van der Waals surface area contributed by atoms with Crippen LogP contribution in [0.15, 0.2) is 78.0 Å². The third-order valence-corrected chi connectivity index (χ3v) is 5.67. The summed E-state index contributed by atoms with van der Waals surface area (Å²) in [4.78, 5) is 21.0. The summed E-state index contributed by atoms with van der Waals surface area (Å²) in [6.07, 6.45) is 0.433. The first-order valence-corrected chi connectivity index (χ1v) is 10.9. The third-order valence-electron chi connectivity index (χ3n) is 5.67. The molecular weight excluding hydrogens is 416 g/mol. The molecule has 0 aliphatic carbocycles. The van der Waals surface area contributed by atoms with Crippen LogP contribution in [0.4, 0.5) is 0 Å². The summed E-state index contributed by atoms with van der Waals surface area (Å²) in [6, 6.07) is 23.1. The topological polar surface area (TPSA) is 60.4 Å². The molecule has 0 N–H and O–H groups in total. The zero-order chi connectivity index (χ0) is 23.2. The van der Waals surface area contributed by atoms with Crippen molar-refractivity contribution in [1.82, 2.24) is 4.90 Å². The molecule has 0 aromatic heterocycles. The Labute approximate surface area is 194 Å².